The number of rotatable bonds is 15. The van der Waals surface area contributed by atoms with Crippen LogP contribution in [0.2, 0.25) is 0 Å². The summed E-state index contributed by atoms with van der Waals surface area (Å²) in [4.78, 5) is 49.6. The molecule has 2 rings (SSSR count). The molecule has 0 saturated heterocycles. The molecule has 0 aliphatic carbocycles. The molecule has 0 radical (unpaired) electrons. The first-order valence-electron chi connectivity index (χ1n) is 10.9. The smallest absolute Gasteiger partial charge is 0.345 e. The first-order chi connectivity index (χ1) is 18.6. The molecule has 210 valence electrons. The molecule has 0 saturated carbocycles. The maximum atomic E-state index is 12.5. The van der Waals surface area contributed by atoms with E-state index in [-0.39, 0.29) is 43.1 Å². The number of ether oxygens (including phenoxy) is 4. The Kier molecular flexibility index (Phi) is 12.9. The minimum Gasteiger partial charge on any atom is -0.484 e. The van der Waals surface area contributed by atoms with Gasteiger partial charge in [0.2, 0.25) is 0 Å². The summed E-state index contributed by atoms with van der Waals surface area (Å²) < 4.78 is 19.8. The van der Waals surface area contributed by atoms with E-state index in [0.717, 1.165) is 33.7 Å². The fourth-order valence-corrected chi connectivity index (χ4v) is 5.01. The highest BCUT2D eigenvalue weighted by Gasteiger charge is 2.24. The summed E-state index contributed by atoms with van der Waals surface area (Å²) in [7, 11) is 4.88. The number of nitrogens with one attached hydrogen (secondary N) is 2. The first kappa shape index (κ1) is 31.8. The van der Waals surface area contributed by atoms with E-state index in [4.69, 9.17) is 31.4 Å². The van der Waals surface area contributed by atoms with Crippen LogP contribution in [0.5, 0.6) is 0 Å². The summed E-state index contributed by atoms with van der Waals surface area (Å²) in [5, 5.41) is 30.2. The SMILES string of the molecule is COC(=N)CCOC(=O)c1cc(SSc2ccc([N+](=O)[O-])c(C(=O)OCCC(NCl)OC)c2)ccc1[N+](=O)[O-]. The lowest BCUT2D eigenvalue weighted by Gasteiger charge is -2.12. The van der Waals surface area contributed by atoms with Crippen molar-refractivity contribution in [1.29, 1.82) is 5.41 Å². The zero-order chi connectivity index (χ0) is 28.9. The normalized spacial score (nSPS) is 11.4. The van der Waals surface area contributed by atoms with Crippen LogP contribution in [-0.2, 0) is 18.9 Å². The molecular formula is C22H23ClN4O10S2. The third-order valence-corrected chi connectivity index (χ3v) is 7.46. The number of methoxy groups -OCH3 is 2. The van der Waals surface area contributed by atoms with Gasteiger partial charge < -0.3 is 18.9 Å². The van der Waals surface area contributed by atoms with Crippen LogP contribution >= 0.6 is 33.4 Å². The van der Waals surface area contributed by atoms with Crippen molar-refractivity contribution in [3.8, 4) is 0 Å². The lowest BCUT2D eigenvalue weighted by molar-refractivity contribution is -0.385. The van der Waals surface area contributed by atoms with Crippen LogP contribution in [0, 0.1) is 25.6 Å². The van der Waals surface area contributed by atoms with Crippen LogP contribution in [0.25, 0.3) is 0 Å². The fourth-order valence-electron chi connectivity index (χ4n) is 2.85. The second-order valence-electron chi connectivity index (χ2n) is 7.31. The third-order valence-electron chi connectivity index (χ3n) is 4.83. The molecule has 0 amide bonds. The van der Waals surface area contributed by atoms with Gasteiger partial charge in [-0.05, 0) is 36.0 Å². The Bertz CT molecular complexity index is 1230. The van der Waals surface area contributed by atoms with Crippen LogP contribution in [-0.4, -0.2) is 61.3 Å². The molecule has 2 aromatic rings. The number of nitrogens with zero attached hydrogens (tertiary/aromatic N) is 2. The quantitative estimate of drug-likeness (QED) is 0.0415. The molecule has 2 aromatic carbocycles. The second-order valence-corrected chi connectivity index (χ2v) is 9.80. The minimum absolute atomic E-state index is 0.00179. The number of carbonyl (C=O) groups excluding carboxylic acids is 2. The van der Waals surface area contributed by atoms with Gasteiger partial charge in [-0.25, -0.2) is 14.4 Å². The number of hydrogen-bond donors (Lipinski definition) is 2. The van der Waals surface area contributed by atoms with E-state index in [1.165, 1.54) is 38.5 Å². The second kappa shape index (κ2) is 15.8. The van der Waals surface area contributed by atoms with Gasteiger partial charge in [-0.3, -0.25) is 25.6 Å². The van der Waals surface area contributed by atoms with Crippen LogP contribution in [0.1, 0.15) is 33.6 Å². The van der Waals surface area contributed by atoms with Crippen molar-refractivity contribution in [3.63, 3.8) is 0 Å². The maximum absolute atomic E-state index is 12.5. The van der Waals surface area contributed by atoms with E-state index in [1.807, 2.05) is 0 Å². The Hall–Kier alpha value is -3.44. The predicted octanol–water partition coefficient (Wildman–Crippen LogP) is 4.74. The molecule has 0 aromatic heterocycles. The van der Waals surface area contributed by atoms with Crippen molar-refractivity contribution in [2.24, 2.45) is 0 Å². The summed E-state index contributed by atoms with van der Waals surface area (Å²) in [6.07, 6.45) is -0.388. The summed E-state index contributed by atoms with van der Waals surface area (Å²) in [6, 6.07) is 7.72. The molecule has 0 aliphatic heterocycles. The zero-order valence-corrected chi connectivity index (χ0v) is 22.9. The minimum atomic E-state index is -0.946. The van der Waals surface area contributed by atoms with Gasteiger partial charge in [0, 0.05) is 35.5 Å². The summed E-state index contributed by atoms with van der Waals surface area (Å²) in [5.41, 5.74) is -1.47. The molecule has 0 aliphatic rings. The van der Waals surface area contributed by atoms with E-state index in [9.17, 15) is 29.8 Å². The van der Waals surface area contributed by atoms with Crippen LogP contribution in [0.4, 0.5) is 11.4 Å². The number of hydrogen-bond acceptors (Lipinski definition) is 14. The van der Waals surface area contributed by atoms with Gasteiger partial charge in [-0.2, -0.15) is 0 Å². The van der Waals surface area contributed by atoms with Crippen LogP contribution < -0.4 is 4.84 Å². The van der Waals surface area contributed by atoms with Crippen molar-refractivity contribution < 1.29 is 38.4 Å². The van der Waals surface area contributed by atoms with Gasteiger partial charge in [-0.1, -0.05) is 21.6 Å². The highest BCUT2D eigenvalue weighted by molar-refractivity contribution is 8.76. The van der Waals surface area contributed by atoms with E-state index in [0.29, 0.717) is 9.79 Å². The Morgan fingerprint density at radius 2 is 1.44 bits per heavy atom. The summed E-state index contributed by atoms with van der Waals surface area (Å²) in [5.74, 6) is -1.98. The lowest BCUT2D eigenvalue weighted by atomic mass is 10.2. The van der Waals surface area contributed by atoms with Crippen molar-refractivity contribution in [2.45, 2.75) is 28.9 Å². The molecule has 0 fully saturated rings. The van der Waals surface area contributed by atoms with Gasteiger partial charge in [-0.15, -0.1) is 0 Å². The Morgan fingerprint density at radius 3 is 1.85 bits per heavy atom. The van der Waals surface area contributed by atoms with Crippen molar-refractivity contribution >= 4 is 62.6 Å². The summed E-state index contributed by atoms with van der Waals surface area (Å²) >= 11 is 5.48. The number of halogens is 1. The Balaban J connectivity index is 2.17. The zero-order valence-electron chi connectivity index (χ0n) is 20.5. The molecule has 0 bridgehead atoms. The highest BCUT2D eigenvalue weighted by Crippen LogP contribution is 2.40. The molecule has 0 heterocycles. The maximum Gasteiger partial charge on any atom is 0.345 e. The Morgan fingerprint density at radius 1 is 0.949 bits per heavy atom. The van der Waals surface area contributed by atoms with Crippen molar-refractivity contribution in [1.82, 2.24) is 4.84 Å². The largest absolute Gasteiger partial charge is 0.484 e. The summed E-state index contributed by atoms with van der Waals surface area (Å²) in [6.45, 7) is -0.320. The van der Waals surface area contributed by atoms with Gasteiger partial charge in [0.05, 0.1) is 30.0 Å². The number of esters is 2. The monoisotopic (exact) mass is 602 g/mol. The van der Waals surface area contributed by atoms with E-state index >= 15 is 0 Å². The first-order valence-corrected chi connectivity index (χ1v) is 13.4. The number of nitro groups is 2. The molecule has 17 heteroatoms. The molecule has 39 heavy (non-hydrogen) atoms. The number of benzene rings is 2. The van der Waals surface area contributed by atoms with Crippen LogP contribution in [0.15, 0.2) is 46.2 Å². The Labute approximate surface area is 235 Å². The molecule has 2 N–H and O–H groups in total. The molecule has 1 unspecified atom stereocenters. The average molecular weight is 603 g/mol. The van der Waals surface area contributed by atoms with Gasteiger partial charge in [0.15, 0.2) is 5.90 Å². The van der Waals surface area contributed by atoms with E-state index in [1.54, 1.807) is 0 Å². The number of carbonyl (C=O) groups is 2. The topological polar surface area (TPSA) is 193 Å². The third kappa shape index (κ3) is 9.67. The molecule has 1 atom stereocenters. The predicted molar refractivity (Wildman–Crippen MR) is 142 cm³/mol. The van der Waals surface area contributed by atoms with Gasteiger partial charge >= 0.3 is 11.9 Å². The molecule has 14 nitrogen and oxygen atoms in total. The van der Waals surface area contributed by atoms with Gasteiger partial charge in [0.1, 0.15) is 24.0 Å². The van der Waals surface area contributed by atoms with E-state index < -0.39 is 39.4 Å². The lowest BCUT2D eigenvalue weighted by Crippen LogP contribution is -2.25. The number of nitro benzene ring substituents is 2. The van der Waals surface area contributed by atoms with E-state index in [2.05, 4.69) is 9.57 Å². The van der Waals surface area contributed by atoms with Crippen molar-refractivity contribution in [3.05, 3.63) is 67.8 Å². The standard InChI is InChI=1S/C22H23ClN4O10S2/c1-34-19(24)7-9-36-21(28)15-11-13(3-5-17(15)26(30)31)38-39-14-4-6-18(27(32)33)16(12-14)22(29)37-10-8-20(25-23)35-2/h3-6,11-12,20,24-25H,7-10H2,1-2H3. The van der Waals surface area contributed by atoms with Crippen molar-refractivity contribution in [2.75, 3.05) is 27.4 Å². The fraction of sp³-hybridized carbons (Fsp3) is 0.318. The van der Waals surface area contributed by atoms with Crippen LogP contribution in [0.3, 0.4) is 0 Å². The molecular weight excluding hydrogens is 580 g/mol. The van der Waals surface area contributed by atoms with Gasteiger partial charge in [0.25, 0.3) is 11.4 Å². The highest BCUT2D eigenvalue weighted by atomic mass is 35.5. The molecule has 0 spiro atoms. The average Bonchev–Trinajstić information content (AvgIpc) is 2.93.